The molecule has 1 atom stereocenters. The van der Waals surface area contributed by atoms with Gasteiger partial charge in [-0.3, -0.25) is 10.0 Å². The van der Waals surface area contributed by atoms with Crippen LogP contribution in [0.3, 0.4) is 0 Å². The number of hydrogen-bond acceptors (Lipinski definition) is 8. The molecule has 0 spiro atoms. The molecule has 37 heavy (non-hydrogen) atoms. The van der Waals surface area contributed by atoms with Crippen LogP contribution < -0.4 is 15.3 Å². The Labute approximate surface area is 215 Å². The van der Waals surface area contributed by atoms with Gasteiger partial charge in [0.15, 0.2) is 5.82 Å². The van der Waals surface area contributed by atoms with Gasteiger partial charge in [0.2, 0.25) is 5.82 Å². The van der Waals surface area contributed by atoms with Gasteiger partial charge < -0.3 is 14.4 Å². The van der Waals surface area contributed by atoms with E-state index in [1.54, 1.807) is 11.5 Å². The van der Waals surface area contributed by atoms with Gasteiger partial charge in [0, 0.05) is 37.0 Å². The molecule has 1 aliphatic rings. The van der Waals surface area contributed by atoms with E-state index in [2.05, 4.69) is 86.0 Å². The molecule has 3 aromatic heterocycles. The second-order valence-corrected chi connectivity index (χ2v) is 9.25. The molecule has 0 saturated carbocycles. The molecule has 1 unspecified atom stereocenters. The van der Waals surface area contributed by atoms with Crippen molar-refractivity contribution in [1.29, 1.82) is 0 Å². The summed E-state index contributed by atoms with van der Waals surface area (Å²) >= 11 is 0. The van der Waals surface area contributed by atoms with E-state index in [9.17, 15) is 10.0 Å². The van der Waals surface area contributed by atoms with Crippen molar-refractivity contribution in [3.63, 3.8) is 0 Å². The van der Waals surface area contributed by atoms with E-state index in [0.29, 0.717) is 12.4 Å². The van der Waals surface area contributed by atoms with Crippen LogP contribution in [0.4, 0.5) is 11.5 Å². The van der Waals surface area contributed by atoms with Crippen molar-refractivity contribution in [3.05, 3.63) is 58.9 Å². The predicted molar refractivity (Wildman–Crippen MR) is 140 cm³/mol. The minimum atomic E-state index is -0.630. The summed E-state index contributed by atoms with van der Waals surface area (Å²) in [5, 5.41) is 24.1. The average molecular weight is 502 g/mol. The molecule has 11 heteroatoms. The lowest BCUT2D eigenvalue weighted by Crippen LogP contribution is -2.40. The van der Waals surface area contributed by atoms with Crippen LogP contribution in [0.15, 0.2) is 36.4 Å². The molecule has 192 valence electrons. The molecular formula is C26H31N9O2. The maximum absolute atomic E-state index is 12.2. The fourth-order valence-electron chi connectivity index (χ4n) is 5.53. The summed E-state index contributed by atoms with van der Waals surface area (Å²) in [6, 6.07) is 12.1. The summed E-state index contributed by atoms with van der Waals surface area (Å²) < 4.78 is 2.26. The van der Waals surface area contributed by atoms with Crippen molar-refractivity contribution < 1.29 is 10.0 Å². The van der Waals surface area contributed by atoms with Gasteiger partial charge in [-0.15, -0.1) is 10.2 Å². The van der Waals surface area contributed by atoms with Gasteiger partial charge in [-0.1, -0.05) is 31.2 Å². The summed E-state index contributed by atoms with van der Waals surface area (Å²) in [5.41, 5.74) is 9.05. The maximum atomic E-state index is 12.2. The number of aryl methyl sites for hydroxylation is 2. The molecule has 5 rings (SSSR count). The topological polar surface area (TPSA) is 128 Å². The number of rotatable bonds is 7. The first-order valence-electron chi connectivity index (χ1n) is 12.4. The number of fused-ring (bicyclic) bond motifs is 1. The summed E-state index contributed by atoms with van der Waals surface area (Å²) in [7, 11) is 2.05. The molecule has 1 amide bonds. The van der Waals surface area contributed by atoms with Crippen LogP contribution in [0, 0.1) is 13.8 Å². The number of tetrazole rings is 1. The van der Waals surface area contributed by atoms with Gasteiger partial charge in [0.25, 0.3) is 5.91 Å². The number of pyridine rings is 1. The van der Waals surface area contributed by atoms with Gasteiger partial charge in [-0.2, -0.15) is 5.21 Å². The Hall–Kier alpha value is -4.25. The molecule has 1 aliphatic heterocycles. The molecule has 0 bridgehead atoms. The Morgan fingerprint density at radius 3 is 2.62 bits per heavy atom. The van der Waals surface area contributed by atoms with E-state index in [1.807, 2.05) is 19.1 Å². The first-order chi connectivity index (χ1) is 17.9. The van der Waals surface area contributed by atoms with Crippen molar-refractivity contribution in [2.24, 2.45) is 0 Å². The second-order valence-electron chi connectivity index (χ2n) is 9.25. The van der Waals surface area contributed by atoms with Gasteiger partial charge >= 0.3 is 0 Å². The predicted octanol–water partition coefficient (Wildman–Crippen LogP) is 3.68. The summed E-state index contributed by atoms with van der Waals surface area (Å²) in [5.74, 6) is 0.646. The summed E-state index contributed by atoms with van der Waals surface area (Å²) in [4.78, 5) is 21.4. The standard InChI is InChI=1S/C26H31N9O2/c1-6-21-33(5)22-15(3)12-20(26(36)30-37)27-25(22)35(21)14-17-10-8-9-11-18(17)23-19(24-28-31-32-29-24)13-16(4)34(23)7-2/h8-13,21,37H,6-7,14H2,1-5H3,(H,30,36)(H,28,29,31,32). The molecule has 0 fully saturated rings. The van der Waals surface area contributed by atoms with Crippen LogP contribution in [0.25, 0.3) is 22.6 Å². The number of hydroxylamine groups is 1. The van der Waals surface area contributed by atoms with Crippen LogP contribution in [-0.2, 0) is 13.1 Å². The third-order valence-corrected chi connectivity index (χ3v) is 7.12. The van der Waals surface area contributed by atoms with Crippen molar-refractivity contribution in [1.82, 2.24) is 35.7 Å². The molecule has 4 heterocycles. The Morgan fingerprint density at radius 2 is 1.95 bits per heavy atom. The molecule has 0 radical (unpaired) electrons. The first-order valence-corrected chi connectivity index (χ1v) is 12.4. The van der Waals surface area contributed by atoms with Crippen molar-refractivity contribution >= 4 is 17.4 Å². The van der Waals surface area contributed by atoms with Gasteiger partial charge in [-0.05, 0) is 55.7 Å². The smallest absolute Gasteiger partial charge is 0.293 e. The molecule has 11 nitrogen and oxygen atoms in total. The lowest BCUT2D eigenvalue weighted by atomic mass is 10.0. The normalized spacial score (nSPS) is 14.8. The number of amides is 1. The number of carbonyl (C=O) groups excluding carboxylic acids is 1. The zero-order chi connectivity index (χ0) is 26.3. The quantitative estimate of drug-likeness (QED) is 0.258. The van der Waals surface area contributed by atoms with Crippen LogP contribution in [0.2, 0.25) is 0 Å². The van der Waals surface area contributed by atoms with E-state index in [4.69, 9.17) is 0 Å². The Kier molecular flexibility index (Phi) is 6.38. The number of benzene rings is 1. The second kappa shape index (κ2) is 9.66. The Bertz CT molecular complexity index is 1440. The summed E-state index contributed by atoms with van der Waals surface area (Å²) in [6.45, 7) is 9.67. The zero-order valence-corrected chi connectivity index (χ0v) is 21.6. The molecule has 0 saturated heterocycles. The first kappa shape index (κ1) is 24.4. The minimum Gasteiger partial charge on any atom is -0.351 e. The fourth-order valence-corrected chi connectivity index (χ4v) is 5.53. The molecule has 4 aromatic rings. The van der Waals surface area contributed by atoms with E-state index < -0.39 is 5.91 Å². The van der Waals surface area contributed by atoms with Crippen molar-refractivity contribution in [2.45, 2.75) is 53.4 Å². The highest BCUT2D eigenvalue weighted by Crippen LogP contribution is 2.43. The third-order valence-electron chi connectivity index (χ3n) is 7.12. The highest BCUT2D eigenvalue weighted by molar-refractivity contribution is 5.94. The molecule has 1 aromatic carbocycles. The highest BCUT2D eigenvalue weighted by atomic mass is 16.5. The minimum absolute atomic E-state index is 0.0538. The number of H-pyrrole nitrogens is 1. The van der Waals surface area contributed by atoms with E-state index in [0.717, 1.165) is 58.1 Å². The van der Waals surface area contributed by atoms with Crippen molar-refractivity contribution in [3.8, 4) is 22.6 Å². The van der Waals surface area contributed by atoms with Crippen LogP contribution >= 0.6 is 0 Å². The Balaban J connectivity index is 1.65. The number of nitrogens with one attached hydrogen (secondary N) is 2. The van der Waals surface area contributed by atoms with Gasteiger partial charge in [0.05, 0.1) is 11.4 Å². The molecule has 0 aliphatic carbocycles. The van der Waals surface area contributed by atoms with E-state index in [-0.39, 0.29) is 11.9 Å². The molecule has 3 N–H and O–H groups in total. The van der Waals surface area contributed by atoms with E-state index in [1.165, 1.54) is 0 Å². The monoisotopic (exact) mass is 501 g/mol. The van der Waals surface area contributed by atoms with Gasteiger partial charge in [0.1, 0.15) is 11.9 Å². The number of hydrogen-bond donors (Lipinski definition) is 3. The summed E-state index contributed by atoms with van der Waals surface area (Å²) in [6.07, 6.45) is 0.909. The van der Waals surface area contributed by atoms with E-state index >= 15 is 0 Å². The zero-order valence-electron chi connectivity index (χ0n) is 21.6. The Morgan fingerprint density at radius 1 is 1.16 bits per heavy atom. The van der Waals surface area contributed by atoms with Crippen LogP contribution in [0.1, 0.15) is 47.6 Å². The van der Waals surface area contributed by atoms with Crippen LogP contribution in [0.5, 0.6) is 0 Å². The lowest BCUT2D eigenvalue weighted by Gasteiger charge is -2.30. The lowest BCUT2D eigenvalue weighted by molar-refractivity contribution is 0.0701. The fraction of sp³-hybridized carbons (Fsp3) is 0.346. The van der Waals surface area contributed by atoms with Crippen LogP contribution in [-0.4, -0.2) is 54.5 Å². The number of anilines is 2. The average Bonchev–Trinajstić information content (AvgIpc) is 3.61. The maximum Gasteiger partial charge on any atom is 0.293 e. The van der Waals surface area contributed by atoms with Gasteiger partial charge in [-0.25, -0.2) is 10.5 Å². The SMILES string of the molecule is CCC1N(C)c2c(C)cc(C(=O)NO)nc2N1Cc1ccccc1-c1c(-c2nn[nH]n2)cc(C)n1CC. The molecular weight excluding hydrogens is 470 g/mol. The highest BCUT2D eigenvalue weighted by Gasteiger charge is 2.36. The third kappa shape index (κ3) is 4.01. The number of aromatic amines is 1. The number of carbonyl (C=O) groups is 1. The van der Waals surface area contributed by atoms with Crippen molar-refractivity contribution in [2.75, 3.05) is 16.8 Å². The number of nitrogens with zero attached hydrogens (tertiary/aromatic N) is 7. The largest absolute Gasteiger partial charge is 0.351 e. The number of aromatic nitrogens is 6.